The van der Waals surface area contributed by atoms with Crippen molar-refractivity contribution in [2.24, 2.45) is 23.0 Å². The highest BCUT2D eigenvalue weighted by Gasteiger charge is 2.49. The zero-order valence-corrected chi connectivity index (χ0v) is 18.4. The van der Waals surface area contributed by atoms with Crippen molar-refractivity contribution < 1.29 is 19.3 Å². The summed E-state index contributed by atoms with van der Waals surface area (Å²) in [6.07, 6.45) is 10.7. The highest BCUT2D eigenvalue weighted by atomic mass is 16.8. The Bertz CT molecular complexity index is 557. The van der Waals surface area contributed by atoms with Gasteiger partial charge in [-0.05, 0) is 70.3 Å². The van der Waals surface area contributed by atoms with Gasteiger partial charge in [0.2, 0.25) is 0 Å². The van der Waals surface area contributed by atoms with Crippen LogP contribution < -0.4 is 5.73 Å². The molecule has 6 unspecified atom stereocenters. The number of allylic oxidation sites excluding steroid dienone is 1. The first-order chi connectivity index (χ1) is 13.0. The molecule has 1 aliphatic heterocycles. The maximum atomic E-state index is 10.9. The summed E-state index contributed by atoms with van der Waals surface area (Å²) in [6.45, 7) is 10.9. The summed E-state index contributed by atoms with van der Waals surface area (Å²) in [5.74, 6) is 0.182. The van der Waals surface area contributed by atoms with Crippen molar-refractivity contribution >= 4 is 0 Å². The fourth-order valence-corrected chi connectivity index (χ4v) is 5.12. The molecule has 1 spiro atoms. The molecular weight excluding hydrogens is 354 g/mol. The van der Waals surface area contributed by atoms with Crippen molar-refractivity contribution in [1.29, 1.82) is 0 Å². The number of rotatable bonds is 7. The van der Waals surface area contributed by atoms with Gasteiger partial charge in [-0.2, -0.15) is 0 Å². The van der Waals surface area contributed by atoms with E-state index in [1.165, 1.54) is 0 Å². The summed E-state index contributed by atoms with van der Waals surface area (Å²) in [4.78, 5) is 0. The standard InChI is InChI=1S/C23H41NO4/c1-16(2)22(5,15-21(3,4)24)20(25)26-14-17-9-10-18-19(13-17)28-23(27-18)11-7-6-8-12-23/h7,11,16-20,25H,6,8-10,12-15,24H2,1-5H3. The van der Waals surface area contributed by atoms with Crippen molar-refractivity contribution in [2.75, 3.05) is 6.61 Å². The van der Waals surface area contributed by atoms with Crippen molar-refractivity contribution in [1.82, 2.24) is 0 Å². The van der Waals surface area contributed by atoms with E-state index in [1.54, 1.807) is 0 Å². The van der Waals surface area contributed by atoms with Crippen molar-refractivity contribution in [3.63, 3.8) is 0 Å². The third kappa shape index (κ3) is 4.99. The minimum atomic E-state index is -0.818. The number of aliphatic hydroxyl groups is 1. The van der Waals surface area contributed by atoms with Gasteiger partial charge < -0.3 is 25.1 Å². The first-order valence-corrected chi connectivity index (χ1v) is 11.1. The van der Waals surface area contributed by atoms with Crippen molar-refractivity contribution in [3.8, 4) is 0 Å². The van der Waals surface area contributed by atoms with Gasteiger partial charge in [-0.25, -0.2) is 0 Å². The average Bonchev–Trinajstić information content (AvgIpc) is 2.94. The van der Waals surface area contributed by atoms with Gasteiger partial charge in [0.1, 0.15) is 0 Å². The van der Waals surface area contributed by atoms with E-state index >= 15 is 0 Å². The van der Waals surface area contributed by atoms with Crippen LogP contribution >= 0.6 is 0 Å². The molecule has 5 heteroatoms. The molecule has 2 fully saturated rings. The molecule has 3 aliphatic rings. The topological polar surface area (TPSA) is 73.9 Å². The van der Waals surface area contributed by atoms with Crippen molar-refractivity contribution in [2.45, 2.75) is 109 Å². The third-order valence-corrected chi connectivity index (χ3v) is 7.02. The SMILES string of the molecule is CC(C)C(C)(CC(C)(C)N)C(O)OCC1CCC2OC3(C=CCCC3)OC2C1. The predicted molar refractivity (Wildman–Crippen MR) is 111 cm³/mol. The van der Waals surface area contributed by atoms with E-state index in [1.807, 2.05) is 13.8 Å². The van der Waals surface area contributed by atoms with Crippen LogP contribution in [0.1, 0.15) is 79.6 Å². The fourth-order valence-electron chi connectivity index (χ4n) is 5.12. The normalized spacial score (nSPS) is 36.5. The number of ether oxygens (including phenoxy) is 3. The minimum absolute atomic E-state index is 0.140. The Morgan fingerprint density at radius 2 is 1.93 bits per heavy atom. The second-order valence-corrected chi connectivity index (χ2v) is 10.6. The lowest BCUT2D eigenvalue weighted by Crippen LogP contribution is -2.48. The van der Waals surface area contributed by atoms with Gasteiger partial charge in [0.15, 0.2) is 12.1 Å². The molecule has 3 rings (SSSR count). The second kappa shape index (κ2) is 8.35. The summed E-state index contributed by atoms with van der Waals surface area (Å²) in [7, 11) is 0. The lowest BCUT2D eigenvalue weighted by atomic mass is 9.70. The summed E-state index contributed by atoms with van der Waals surface area (Å²) in [6, 6.07) is 0. The smallest absolute Gasteiger partial charge is 0.188 e. The first kappa shape index (κ1) is 22.2. The molecule has 0 radical (unpaired) electrons. The van der Waals surface area contributed by atoms with Crippen LogP contribution in [0.4, 0.5) is 0 Å². The van der Waals surface area contributed by atoms with Crippen molar-refractivity contribution in [3.05, 3.63) is 12.2 Å². The van der Waals surface area contributed by atoms with Gasteiger partial charge in [0.05, 0.1) is 18.8 Å². The van der Waals surface area contributed by atoms with Gasteiger partial charge >= 0.3 is 0 Å². The molecule has 0 aromatic heterocycles. The molecule has 0 aromatic rings. The summed E-state index contributed by atoms with van der Waals surface area (Å²) in [5.41, 5.74) is 5.54. The molecule has 162 valence electrons. The molecule has 1 heterocycles. The lowest BCUT2D eigenvalue weighted by Gasteiger charge is -2.42. The predicted octanol–water partition coefficient (Wildman–Crippen LogP) is 4.13. The van der Waals surface area contributed by atoms with Crippen LogP contribution in [0.3, 0.4) is 0 Å². The van der Waals surface area contributed by atoms with Crippen LogP contribution in [0.15, 0.2) is 12.2 Å². The molecule has 6 atom stereocenters. The largest absolute Gasteiger partial charge is 0.367 e. The van der Waals surface area contributed by atoms with E-state index < -0.39 is 12.1 Å². The monoisotopic (exact) mass is 395 g/mol. The third-order valence-electron chi connectivity index (χ3n) is 7.02. The van der Waals surface area contributed by atoms with Crippen LogP contribution in [-0.4, -0.2) is 41.5 Å². The zero-order chi connectivity index (χ0) is 20.6. The Morgan fingerprint density at radius 1 is 1.21 bits per heavy atom. The molecule has 1 saturated heterocycles. The highest BCUT2D eigenvalue weighted by Crippen LogP contribution is 2.44. The number of hydrogen-bond donors (Lipinski definition) is 2. The molecule has 5 nitrogen and oxygen atoms in total. The Kier molecular flexibility index (Phi) is 6.63. The van der Waals surface area contributed by atoms with Crippen LogP contribution in [0, 0.1) is 17.3 Å². The zero-order valence-electron chi connectivity index (χ0n) is 18.4. The lowest BCUT2D eigenvalue weighted by molar-refractivity contribution is -0.199. The summed E-state index contributed by atoms with van der Waals surface area (Å²) in [5, 5.41) is 10.9. The van der Waals surface area contributed by atoms with Crippen LogP contribution in [0.5, 0.6) is 0 Å². The van der Waals surface area contributed by atoms with E-state index in [0.717, 1.165) is 38.5 Å². The second-order valence-electron chi connectivity index (χ2n) is 10.6. The molecule has 1 saturated carbocycles. The molecule has 0 aromatic carbocycles. The Balaban J connectivity index is 1.54. The van der Waals surface area contributed by atoms with Gasteiger partial charge in [0, 0.05) is 17.4 Å². The van der Waals surface area contributed by atoms with Crippen LogP contribution in [0.2, 0.25) is 0 Å². The van der Waals surface area contributed by atoms with E-state index in [4.69, 9.17) is 19.9 Å². The Labute approximate surface area is 171 Å². The van der Waals surface area contributed by atoms with E-state index in [0.29, 0.717) is 18.9 Å². The molecule has 2 aliphatic carbocycles. The molecule has 28 heavy (non-hydrogen) atoms. The van der Waals surface area contributed by atoms with Crippen LogP contribution in [-0.2, 0) is 14.2 Å². The minimum Gasteiger partial charge on any atom is -0.367 e. The molecular formula is C23H41NO4. The molecule has 0 amide bonds. The van der Waals surface area contributed by atoms with E-state index in [-0.39, 0.29) is 29.1 Å². The first-order valence-electron chi connectivity index (χ1n) is 11.1. The maximum Gasteiger partial charge on any atom is 0.188 e. The van der Waals surface area contributed by atoms with Gasteiger partial charge in [-0.3, -0.25) is 0 Å². The summed E-state index contributed by atoms with van der Waals surface area (Å²) < 4.78 is 18.7. The molecule has 0 bridgehead atoms. The fraction of sp³-hybridized carbons (Fsp3) is 0.913. The van der Waals surface area contributed by atoms with Gasteiger partial charge in [-0.1, -0.05) is 26.8 Å². The number of aliphatic hydroxyl groups excluding tert-OH is 1. The van der Waals surface area contributed by atoms with Gasteiger partial charge in [-0.15, -0.1) is 0 Å². The van der Waals surface area contributed by atoms with Crippen LogP contribution in [0.25, 0.3) is 0 Å². The average molecular weight is 396 g/mol. The highest BCUT2D eigenvalue weighted by molar-refractivity contribution is 5.05. The van der Waals surface area contributed by atoms with E-state index in [2.05, 4.69) is 32.9 Å². The quantitative estimate of drug-likeness (QED) is 0.501. The Morgan fingerprint density at radius 3 is 2.54 bits per heavy atom. The number of nitrogens with two attached hydrogens (primary N) is 1. The summed E-state index contributed by atoms with van der Waals surface area (Å²) >= 11 is 0. The molecule has 3 N–H and O–H groups in total. The van der Waals surface area contributed by atoms with E-state index in [9.17, 15) is 5.11 Å². The van der Waals surface area contributed by atoms with Gasteiger partial charge in [0.25, 0.3) is 0 Å². The number of hydrogen-bond acceptors (Lipinski definition) is 5. The Hall–Kier alpha value is -0.460. The number of fused-ring (bicyclic) bond motifs is 1. The maximum absolute atomic E-state index is 10.9.